The van der Waals surface area contributed by atoms with E-state index in [4.69, 9.17) is 0 Å². The van der Waals surface area contributed by atoms with Gasteiger partial charge < -0.3 is 5.32 Å². The lowest BCUT2D eigenvalue weighted by Crippen LogP contribution is -2.33. The van der Waals surface area contributed by atoms with E-state index < -0.39 is 0 Å². The maximum Gasteiger partial charge on any atom is 0.0329 e. The van der Waals surface area contributed by atoms with Crippen molar-refractivity contribution in [1.82, 2.24) is 5.32 Å². The second-order valence-corrected chi connectivity index (χ2v) is 6.33. The van der Waals surface area contributed by atoms with E-state index >= 15 is 0 Å². The molecule has 16 heavy (non-hydrogen) atoms. The van der Waals surface area contributed by atoms with Crippen LogP contribution in [-0.4, -0.2) is 6.04 Å². The van der Waals surface area contributed by atoms with Crippen molar-refractivity contribution in [2.45, 2.75) is 57.5 Å². The Morgan fingerprint density at radius 1 is 1.19 bits per heavy atom. The molecule has 2 atom stereocenters. The van der Waals surface area contributed by atoms with Crippen LogP contribution >= 0.6 is 0 Å². The molecule has 0 aliphatic carbocycles. The highest BCUT2D eigenvalue weighted by Gasteiger charge is 2.35. The average Bonchev–Trinajstić information content (AvgIpc) is 2.59. The van der Waals surface area contributed by atoms with Crippen LogP contribution < -0.4 is 5.32 Å². The Morgan fingerprint density at radius 3 is 2.75 bits per heavy atom. The molecule has 0 spiro atoms. The molecule has 1 fully saturated rings. The van der Waals surface area contributed by atoms with E-state index in [-0.39, 0.29) is 5.41 Å². The first kappa shape index (κ1) is 10.3. The number of fused-ring (bicyclic) bond motifs is 4. The van der Waals surface area contributed by atoms with Gasteiger partial charge >= 0.3 is 0 Å². The quantitative estimate of drug-likeness (QED) is 0.700. The molecule has 2 aliphatic rings. The number of hydrogen-bond donors (Lipinski definition) is 1. The Kier molecular flexibility index (Phi) is 2.16. The van der Waals surface area contributed by atoms with Crippen molar-refractivity contribution < 1.29 is 0 Å². The third kappa shape index (κ3) is 1.49. The highest BCUT2D eigenvalue weighted by Crippen LogP contribution is 2.41. The summed E-state index contributed by atoms with van der Waals surface area (Å²) in [7, 11) is 0. The van der Waals surface area contributed by atoms with Gasteiger partial charge in [-0.1, -0.05) is 39.0 Å². The van der Waals surface area contributed by atoms with Crippen molar-refractivity contribution in [2.75, 3.05) is 0 Å². The smallest absolute Gasteiger partial charge is 0.0329 e. The highest BCUT2D eigenvalue weighted by molar-refractivity contribution is 5.44. The zero-order valence-electron chi connectivity index (χ0n) is 10.5. The van der Waals surface area contributed by atoms with E-state index in [1.807, 2.05) is 0 Å². The Labute approximate surface area is 98.3 Å². The number of hydrogen-bond acceptors (Lipinski definition) is 1. The minimum atomic E-state index is 0.266. The van der Waals surface area contributed by atoms with Gasteiger partial charge in [0.2, 0.25) is 0 Å². The largest absolute Gasteiger partial charge is 0.307 e. The fraction of sp³-hybridized carbons (Fsp3) is 0.600. The van der Waals surface area contributed by atoms with Gasteiger partial charge in [0.1, 0.15) is 0 Å². The summed E-state index contributed by atoms with van der Waals surface area (Å²) in [6.07, 6.45) is 3.91. The van der Waals surface area contributed by atoms with Crippen LogP contribution in [0.2, 0.25) is 0 Å². The minimum absolute atomic E-state index is 0.266. The molecule has 0 amide bonds. The third-order valence-electron chi connectivity index (χ3n) is 4.06. The van der Waals surface area contributed by atoms with Gasteiger partial charge in [-0.2, -0.15) is 0 Å². The number of benzene rings is 1. The second kappa shape index (κ2) is 3.33. The zero-order valence-corrected chi connectivity index (χ0v) is 10.5. The molecule has 0 saturated carbocycles. The predicted molar refractivity (Wildman–Crippen MR) is 67.7 cm³/mol. The number of nitrogens with one attached hydrogen (secondary N) is 1. The lowest BCUT2D eigenvalue weighted by Gasteiger charge is -2.32. The number of rotatable bonds is 0. The molecule has 1 N–H and O–H groups in total. The first-order valence-electron chi connectivity index (χ1n) is 6.44. The summed E-state index contributed by atoms with van der Waals surface area (Å²) < 4.78 is 0. The van der Waals surface area contributed by atoms with Gasteiger partial charge in [0.05, 0.1) is 0 Å². The van der Waals surface area contributed by atoms with Crippen LogP contribution in [0.25, 0.3) is 0 Å². The molecule has 1 aromatic rings. The molecule has 1 heteroatoms. The Balaban J connectivity index is 2.16. The molecule has 0 radical (unpaired) electrons. The van der Waals surface area contributed by atoms with E-state index in [0.717, 1.165) is 6.04 Å². The summed E-state index contributed by atoms with van der Waals surface area (Å²) >= 11 is 0. The molecule has 0 aromatic heterocycles. The van der Waals surface area contributed by atoms with E-state index in [9.17, 15) is 0 Å². The monoisotopic (exact) mass is 215 g/mol. The van der Waals surface area contributed by atoms with E-state index in [1.165, 1.54) is 19.3 Å². The van der Waals surface area contributed by atoms with E-state index in [0.29, 0.717) is 6.04 Å². The van der Waals surface area contributed by atoms with Gasteiger partial charge in [-0.05, 0) is 41.4 Å². The molecule has 1 aromatic carbocycles. The van der Waals surface area contributed by atoms with Crippen LogP contribution in [0.1, 0.15) is 56.3 Å². The normalized spacial score (nSPS) is 27.9. The van der Waals surface area contributed by atoms with E-state index in [2.05, 4.69) is 44.3 Å². The summed E-state index contributed by atoms with van der Waals surface area (Å²) in [5, 5.41) is 3.76. The summed E-state index contributed by atoms with van der Waals surface area (Å²) in [6, 6.07) is 8.26. The maximum atomic E-state index is 3.76. The Hall–Kier alpha value is -0.820. The van der Waals surface area contributed by atoms with Crippen molar-refractivity contribution in [3.63, 3.8) is 0 Å². The molecule has 86 valence electrons. The zero-order chi connectivity index (χ0) is 11.3. The fourth-order valence-electron chi connectivity index (χ4n) is 3.33. The first-order valence-corrected chi connectivity index (χ1v) is 6.44. The molecule has 2 aliphatic heterocycles. The molecular weight excluding hydrogens is 194 g/mol. The molecule has 2 bridgehead atoms. The van der Waals surface area contributed by atoms with Crippen LogP contribution in [-0.2, 0) is 11.8 Å². The summed E-state index contributed by atoms with van der Waals surface area (Å²) in [5.74, 6) is 0. The first-order chi connectivity index (χ1) is 7.55. The summed E-state index contributed by atoms with van der Waals surface area (Å²) in [4.78, 5) is 0. The van der Waals surface area contributed by atoms with Crippen molar-refractivity contribution in [3.05, 3.63) is 34.9 Å². The summed E-state index contributed by atoms with van der Waals surface area (Å²) in [6.45, 7) is 6.97. The van der Waals surface area contributed by atoms with Crippen molar-refractivity contribution in [1.29, 1.82) is 0 Å². The molecule has 0 unspecified atom stereocenters. The van der Waals surface area contributed by atoms with Crippen LogP contribution in [0, 0.1) is 0 Å². The maximum absolute atomic E-state index is 3.76. The van der Waals surface area contributed by atoms with Gasteiger partial charge in [-0.15, -0.1) is 0 Å². The average molecular weight is 215 g/mol. The molecule has 1 nitrogen and oxygen atoms in total. The van der Waals surface area contributed by atoms with Crippen LogP contribution in [0.3, 0.4) is 0 Å². The van der Waals surface area contributed by atoms with Gasteiger partial charge in [0.25, 0.3) is 0 Å². The third-order valence-corrected chi connectivity index (χ3v) is 4.06. The van der Waals surface area contributed by atoms with Gasteiger partial charge in [0.15, 0.2) is 0 Å². The molecular formula is C15H21N. The standard InChI is InChI=1S/C15H21N/c1-15(2,3)12-6-4-5-10-9-11-7-8-13(16-11)14(10)12/h4-6,11,13,16H,7-9H2,1-3H3/t11-,13+/m1/s1. The molecule has 1 saturated heterocycles. The van der Waals surface area contributed by atoms with Crippen LogP contribution in [0.5, 0.6) is 0 Å². The topological polar surface area (TPSA) is 12.0 Å². The highest BCUT2D eigenvalue weighted by atomic mass is 15.0. The van der Waals surface area contributed by atoms with Crippen molar-refractivity contribution in [2.24, 2.45) is 0 Å². The molecule has 2 heterocycles. The van der Waals surface area contributed by atoms with Gasteiger partial charge in [0, 0.05) is 12.1 Å². The second-order valence-electron chi connectivity index (χ2n) is 6.33. The van der Waals surface area contributed by atoms with Gasteiger partial charge in [-0.25, -0.2) is 0 Å². The Morgan fingerprint density at radius 2 is 2.00 bits per heavy atom. The molecule has 3 rings (SSSR count). The van der Waals surface area contributed by atoms with Crippen molar-refractivity contribution in [3.8, 4) is 0 Å². The minimum Gasteiger partial charge on any atom is -0.307 e. The summed E-state index contributed by atoms with van der Waals surface area (Å²) in [5.41, 5.74) is 5.02. The lowest BCUT2D eigenvalue weighted by molar-refractivity contribution is 0.493. The Bertz CT molecular complexity index is 414. The predicted octanol–water partition coefficient (Wildman–Crippen LogP) is 3.33. The lowest BCUT2D eigenvalue weighted by atomic mass is 9.78. The van der Waals surface area contributed by atoms with Crippen LogP contribution in [0.4, 0.5) is 0 Å². The van der Waals surface area contributed by atoms with Crippen molar-refractivity contribution >= 4 is 0 Å². The van der Waals surface area contributed by atoms with E-state index in [1.54, 1.807) is 16.7 Å². The SMILES string of the molecule is CC(C)(C)c1cccc2c1[C@@H]1CC[C@H](C2)N1. The van der Waals surface area contributed by atoms with Gasteiger partial charge in [-0.3, -0.25) is 0 Å². The van der Waals surface area contributed by atoms with Crippen LogP contribution in [0.15, 0.2) is 18.2 Å². The fourth-order valence-corrected chi connectivity index (χ4v) is 3.33.